The molecule has 5 nitrogen and oxygen atoms in total. The average Bonchev–Trinajstić information content (AvgIpc) is 3.50. The lowest BCUT2D eigenvalue weighted by Gasteiger charge is -2.22. The summed E-state index contributed by atoms with van der Waals surface area (Å²) in [7, 11) is 1.63. The number of hydrogen-bond acceptors (Lipinski definition) is 4. The molecule has 0 fully saturated rings. The normalized spacial score (nSPS) is 15.5. The number of carbonyl (C=O) groups is 1. The summed E-state index contributed by atoms with van der Waals surface area (Å²) in [5.74, 6) is 0.636. The maximum absolute atomic E-state index is 13.6. The second-order valence-electron chi connectivity index (χ2n) is 8.37. The monoisotopic (exact) mass is 487 g/mol. The molecule has 2 heterocycles. The zero-order valence-corrected chi connectivity index (χ0v) is 20.5. The molecule has 7 heteroatoms. The topological polar surface area (TPSA) is 46.8 Å². The van der Waals surface area contributed by atoms with E-state index in [0.717, 1.165) is 44.9 Å². The Morgan fingerprint density at radius 3 is 2.54 bits per heavy atom. The number of rotatable bonds is 7. The van der Waals surface area contributed by atoms with Crippen molar-refractivity contribution in [1.29, 1.82) is 0 Å². The van der Waals surface area contributed by atoms with Crippen molar-refractivity contribution in [2.45, 2.75) is 30.8 Å². The summed E-state index contributed by atoms with van der Waals surface area (Å²) in [5, 5.41) is 7.45. The van der Waals surface area contributed by atoms with Crippen LogP contribution in [-0.2, 0) is 11.3 Å². The highest BCUT2D eigenvalue weighted by Crippen LogP contribution is 2.35. The van der Waals surface area contributed by atoms with Gasteiger partial charge in [-0.2, -0.15) is 5.10 Å². The van der Waals surface area contributed by atoms with Gasteiger partial charge in [0, 0.05) is 35.0 Å². The zero-order valence-electron chi connectivity index (χ0n) is 19.6. The van der Waals surface area contributed by atoms with Gasteiger partial charge in [-0.1, -0.05) is 30.3 Å². The fourth-order valence-corrected chi connectivity index (χ4v) is 5.38. The first-order valence-corrected chi connectivity index (χ1v) is 12.6. The van der Waals surface area contributed by atoms with Crippen molar-refractivity contribution >= 4 is 34.3 Å². The van der Waals surface area contributed by atoms with Crippen LogP contribution in [0.4, 0.5) is 4.39 Å². The van der Waals surface area contributed by atoms with E-state index in [2.05, 4.69) is 29.8 Å². The lowest BCUT2D eigenvalue weighted by Crippen LogP contribution is -2.28. The summed E-state index contributed by atoms with van der Waals surface area (Å²) < 4.78 is 21.0. The van der Waals surface area contributed by atoms with Gasteiger partial charge in [-0.05, 0) is 60.5 Å². The van der Waals surface area contributed by atoms with Crippen molar-refractivity contribution in [2.24, 2.45) is 5.10 Å². The minimum absolute atomic E-state index is 0.0823. The number of thioether (sulfide) groups is 1. The molecule has 35 heavy (non-hydrogen) atoms. The van der Waals surface area contributed by atoms with Crippen LogP contribution >= 0.6 is 11.8 Å². The summed E-state index contributed by atoms with van der Waals surface area (Å²) in [5.41, 5.74) is 3.78. The van der Waals surface area contributed by atoms with Crippen LogP contribution in [0.15, 0.2) is 89.0 Å². The molecule has 0 spiro atoms. The predicted molar refractivity (Wildman–Crippen MR) is 138 cm³/mol. The molecule has 1 aliphatic rings. The van der Waals surface area contributed by atoms with E-state index in [4.69, 9.17) is 9.84 Å². The molecular formula is C28H26FN3O2S. The quantitative estimate of drug-likeness (QED) is 0.288. The average molecular weight is 488 g/mol. The molecule has 1 atom stereocenters. The van der Waals surface area contributed by atoms with Gasteiger partial charge >= 0.3 is 0 Å². The van der Waals surface area contributed by atoms with E-state index in [9.17, 15) is 9.18 Å². The summed E-state index contributed by atoms with van der Waals surface area (Å²) in [4.78, 5) is 14.5. The van der Waals surface area contributed by atoms with Crippen molar-refractivity contribution in [1.82, 2.24) is 9.58 Å². The number of hydrazone groups is 1. The molecule has 0 N–H and O–H groups in total. The van der Waals surface area contributed by atoms with Crippen LogP contribution in [0, 0.1) is 5.82 Å². The summed E-state index contributed by atoms with van der Waals surface area (Å²) >= 11 is 1.52. The smallest absolute Gasteiger partial charge is 0.253 e. The second kappa shape index (κ2) is 9.96. The van der Waals surface area contributed by atoms with Crippen molar-refractivity contribution in [3.63, 3.8) is 0 Å². The number of fused-ring (bicyclic) bond motifs is 1. The molecule has 178 valence electrons. The Balaban J connectivity index is 1.41. The van der Waals surface area contributed by atoms with Crippen LogP contribution < -0.4 is 4.74 Å². The van der Waals surface area contributed by atoms with Crippen LogP contribution in [0.3, 0.4) is 0 Å². The van der Waals surface area contributed by atoms with Gasteiger partial charge in [0.15, 0.2) is 0 Å². The third kappa shape index (κ3) is 4.68. The van der Waals surface area contributed by atoms with Gasteiger partial charge < -0.3 is 9.30 Å². The van der Waals surface area contributed by atoms with Gasteiger partial charge in [0.05, 0.1) is 24.6 Å². The zero-order chi connectivity index (χ0) is 24.4. The third-order valence-corrected chi connectivity index (χ3v) is 7.32. The summed E-state index contributed by atoms with van der Waals surface area (Å²) in [6.45, 7) is 2.97. The van der Waals surface area contributed by atoms with E-state index in [1.165, 1.54) is 23.9 Å². The first-order chi connectivity index (χ1) is 17.1. The highest BCUT2D eigenvalue weighted by atomic mass is 32.2. The van der Waals surface area contributed by atoms with E-state index < -0.39 is 0 Å². The SMILES string of the molecule is CCn1cc(SCC(=O)N2N=C(c3ccc(OC)cc3)C[C@@H]2c2ccc(F)cc2)c2ccccc21. The molecule has 0 saturated carbocycles. The largest absolute Gasteiger partial charge is 0.497 e. The molecule has 5 rings (SSSR count). The molecule has 0 unspecified atom stereocenters. The predicted octanol–water partition coefficient (Wildman–Crippen LogP) is 6.28. The molecule has 0 radical (unpaired) electrons. The first kappa shape index (κ1) is 23.2. The molecule has 1 aliphatic heterocycles. The molecular weight excluding hydrogens is 461 g/mol. The van der Waals surface area contributed by atoms with Gasteiger partial charge in [-0.25, -0.2) is 9.40 Å². The van der Waals surface area contributed by atoms with Crippen LogP contribution in [0.5, 0.6) is 5.75 Å². The Labute approximate surface area is 208 Å². The second-order valence-corrected chi connectivity index (χ2v) is 9.39. The van der Waals surface area contributed by atoms with Gasteiger partial charge in [0.1, 0.15) is 11.6 Å². The Hall–Kier alpha value is -3.58. The Bertz CT molecular complexity index is 1380. The van der Waals surface area contributed by atoms with Crippen molar-refractivity contribution in [3.8, 4) is 5.75 Å². The Kier molecular flexibility index (Phi) is 6.59. The number of para-hydroxylation sites is 1. The number of aryl methyl sites for hydroxylation is 1. The number of carbonyl (C=O) groups excluding carboxylic acids is 1. The maximum Gasteiger partial charge on any atom is 0.253 e. The summed E-state index contributed by atoms with van der Waals surface area (Å²) in [6, 6.07) is 21.9. The Morgan fingerprint density at radius 2 is 1.83 bits per heavy atom. The van der Waals surface area contributed by atoms with Crippen molar-refractivity contribution < 1.29 is 13.9 Å². The lowest BCUT2D eigenvalue weighted by atomic mass is 9.98. The van der Waals surface area contributed by atoms with Gasteiger partial charge in [-0.15, -0.1) is 11.8 Å². The van der Waals surface area contributed by atoms with Crippen molar-refractivity contribution in [2.75, 3.05) is 12.9 Å². The number of methoxy groups -OCH3 is 1. The van der Waals surface area contributed by atoms with Crippen LogP contribution in [-0.4, -0.2) is 34.1 Å². The van der Waals surface area contributed by atoms with Gasteiger partial charge in [0.25, 0.3) is 5.91 Å². The molecule has 0 aliphatic carbocycles. The molecule has 4 aromatic rings. The maximum atomic E-state index is 13.6. The van der Waals surface area contributed by atoms with E-state index in [-0.39, 0.29) is 23.5 Å². The number of ether oxygens (including phenoxy) is 1. The van der Waals surface area contributed by atoms with E-state index in [0.29, 0.717) is 6.42 Å². The molecule has 0 saturated heterocycles. The first-order valence-electron chi connectivity index (χ1n) is 11.6. The highest BCUT2D eigenvalue weighted by molar-refractivity contribution is 8.00. The number of halogens is 1. The van der Waals surface area contributed by atoms with Gasteiger partial charge in [0.2, 0.25) is 0 Å². The fraction of sp³-hybridized carbons (Fsp3) is 0.214. The Morgan fingerprint density at radius 1 is 1.09 bits per heavy atom. The molecule has 3 aromatic carbocycles. The van der Waals surface area contributed by atoms with Crippen LogP contribution in [0.2, 0.25) is 0 Å². The highest BCUT2D eigenvalue weighted by Gasteiger charge is 2.33. The standard InChI is InChI=1S/C28H26FN3O2S/c1-3-31-17-27(23-6-4-5-7-25(23)31)35-18-28(33)32-26(20-8-12-21(29)13-9-20)16-24(30-32)19-10-14-22(34-2)15-11-19/h4-15,17,26H,3,16,18H2,1-2H3/t26-/m1/s1. The number of nitrogens with zero attached hydrogens (tertiary/aromatic N) is 3. The number of amides is 1. The summed E-state index contributed by atoms with van der Waals surface area (Å²) in [6.07, 6.45) is 2.67. The molecule has 1 aromatic heterocycles. The molecule has 1 amide bonds. The van der Waals surface area contributed by atoms with Crippen LogP contribution in [0.25, 0.3) is 10.9 Å². The lowest BCUT2D eigenvalue weighted by molar-refractivity contribution is -0.130. The fourth-order valence-electron chi connectivity index (χ4n) is 4.44. The van der Waals surface area contributed by atoms with E-state index in [1.54, 1.807) is 24.3 Å². The number of hydrogen-bond donors (Lipinski definition) is 0. The minimum Gasteiger partial charge on any atom is -0.497 e. The van der Waals surface area contributed by atoms with Crippen molar-refractivity contribution in [3.05, 3.63) is 95.9 Å². The van der Waals surface area contributed by atoms with Gasteiger partial charge in [-0.3, -0.25) is 4.79 Å². The van der Waals surface area contributed by atoms with Crippen LogP contribution in [0.1, 0.15) is 30.5 Å². The number of aromatic nitrogens is 1. The van der Waals surface area contributed by atoms with E-state index in [1.807, 2.05) is 36.4 Å². The molecule has 0 bridgehead atoms. The minimum atomic E-state index is -0.302. The van der Waals surface area contributed by atoms with E-state index >= 15 is 0 Å². The third-order valence-electron chi connectivity index (χ3n) is 6.29. The number of benzene rings is 3.